The second kappa shape index (κ2) is 6.77. The van der Waals surface area contributed by atoms with E-state index in [0.29, 0.717) is 21.7 Å². The van der Waals surface area contributed by atoms with Crippen molar-refractivity contribution in [2.45, 2.75) is 26.3 Å². The topological polar surface area (TPSA) is 41.9 Å². The summed E-state index contributed by atoms with van der Waals surface area (Å²) in [6.07, 6.45) is 0.798. The molecule has 0 aliphatic carbocycles. The minimum absolute atomic E-state index is 0.271. The minimum Gasteiger partial charge on any atom is -0.313 e. The van der Waals surface area contributed by atoms with Crippen molar-refractivity contribution in [3.63, 3.8) is 0 Å². The van der Waals surface area contributed by atoms with Gasteiger partial charge in [0.05, 0.1) is 21.3 Å². The van der Waals surface area contributed by atoms with Crippen LogP contribution in [0.15, 0.2) is 23.4 Å². The molecule has 0 radical (unpaired) electrons. The van der Waals surface area contributed by atoms with E-state index in [9.17, 15) is 4.79 Å². The Morgan fingerprint density at radius 2 is 2.05 bits per heavy atom. The molecule has 21 heavy (non-hydrogen) atoms. The van der Waals surface area contributed by atoms with Crippen LogP contribution in [0.25, 0.3) is 0 Å². The molecule has 1 saturated heterocycles. The van der Waals surface area contributed by atoms with Crippen LogP contribution >= 0.6 is 23.2 Å². The van der Waals surface area contributed by atoms with Crippen LogP contribution in [-0.2, 0) is 4.84 Å². The Morgan fingerprint density at radius 3 is 2.71 bits per heavy atom. The van der Waals surface area contributed by atoms with Gasteiger partial charge in [-0.3, -0.25) is 0 Å². The number of carbonyl (C=O) groups is 1. The monoisotopic (exact) mass is 328 g/mol. The molecule has 2 atom stereocenters. The van der Waals surface area contributed by atoms with Crippen LogP contribution in [0.4, 0.5) is 0 Å². The van der Waals surface area contributed by atoms with Gasteiger partial charge in [0.25, 0.3) is 0 Å². The van der Waals surface area contributed by atoms with Crippen molar-refractivity contribution in [3.8, 4) is 0 Å². The summed E-state index contributed by atoms with van der Waals surface area (Å²) in [5.74, 6) is -0.257. The third kappa shape index (κ3) is 3.96. The van der Waals surface area contributed by atoms with Gasteiger partial charge in [0, 0.05) is 24.9 Å². The Bertz CT molecular complexity index is 575. The molecule has 1 aliphatic heterocycles. The number of benzene rings is 1. The fourth-order valence-electron chi connectivity index (χ4n) is 2.28. The van der Waals surface area contributed by atoms with Crippen LogP contribution in [0.3, 0.4) is 0 Å². The van der Waals surface area contributed by atoms with Gasteiger partial charge in [-0.05, 0) is 32.2 Å². The lowest BCUT2D eigenvalue weighted by Gasteiger charge is -2.34. The third-order valence-corrected chi connectivity index (χ3v) is 4.53. The zero-order valence-corrected chi connectivity index (χ0v) is 13.8. The first-order valence-electron chi connectivity index (χ1n) is 6.82. The van der Waals surface area contributed by atoms with Crippen molar-refractivity contribution in [1.29, 1.82) is 0 Å². The maximum Gasteiger partial charge on any atom is 0.365 e. The van der Waals surface area contributed by atoms with Crippen molar-refractivity contribution in [2.24, 2.45) is 11.1 Å². The average molecular weight is 329 g/mol. The molecule has 0 unspecified atom stereocenters. The van der Waals surface area contributed by atoms with Gasteiger partial charge in [-0.25, -0.2) is 4.79 Å². The van der Waals surface area contributed by atoms with Crippen LogP contribution in [-0.4, -0.2) is 36.2 Å². The first-order valence-corrected chi connectivity index (χ1v) is 7.57. The number of hydrogen-bond acceptors (Lipinski definition) is 4. The molecule has 0 aromatic heterocycles. The highest BCUT2D eigenvalue weighted by molar-refractivity contribution is 6.42. The fourth-order valence-corrected chi connectivity index (χ4v) is 2.58. The maximum absolute atomic E-state index is 12.0. The number of carbonyl (C=O) groups excluding carboxylic acids is 1. The molecule has 1 aliphatic rings. The van der Waals surface area contributed by atoms with E-state index in [-0.39, 0.29) is 5.92 Å². The minimum atomic E-state index is -0.528. The van der Waals surface area contributed by atoms with Crippen molar-refractivity contribution in [2.75, 3.05) is 13.6 Å². The van der Waals surface area contributed by atoms with Crippen molar-refractivity contribution < 1.29 is 9.63 Å². The molecular weight excluding hydrogens is 311 g/mol. The molecule has 114 valence electrons. The molecule has 2 rings (SSSR count). The lowest BCUT2D eigenvalue weighted by Crippen LogP contribution is -2.43. The van der Waals surface area contributed by atoms with Gasteiger partial charge in [0.15, 0.2) is 0 Å². The highest BCUT2D eigenvalue weighted by Gasteiger charge is 2.26. The number of nitrogens with zero attached hydrogens (tertiary/aromatic N) is 2. The second-order valence-corrected chi connectivity index (χ2v) is 6.30. The smallest absolute Gasteiger partial charge is 0.313 e. The lowest BCUT2D eigenvalue weighted by molar-refractivity contribution is 0.0508. The normalized spacial score (nSPS) is 25.1. The predicted molar refractivity (Wildman–Crippen MR) is 85.2 cm³/mol. The molecule has 0 spiro atoms. The van der Waals surface area contributed by atoms with E-state index in [1.807, 2.05) is 0 Å². The molecule has 1 heterocycles. The molecule has 4 nitrogen and oxygen atoms in total. The van der Waals surface area contributed by atoms with E-state index >= 15 is 0 Å². The largest absolute Gasteiger partial charge is 0.365 e. The predicted octanol–water partition coefficient (Wildman–Crippen LogP) is 3.87. The Morgan fingerprint density at radius 1 is 1.33 bits per heavy atom. The number of halogens is 2. The number of oxime groups is 1. The molecule has 6 heteroatoms. The van der Waals surface area contributed by atoms with Crippen LogP contribution in [0.5, 0.6) is 0 Å². The third-order valence-electron chi connectivity index (χ3n) is 3.79. The molecule has 1 fully saturated rings. The molecule has 1 aromatic rings. The van der Waals surface area contributed by atoms with E-state index in [1.54, 1.807) is 12.1 Å². The van der Waals surface area contributed by atoms with Crippen LogP contribution in [0, 0.1) is 5.92 Å². The number of hydrogen-bond donors (Lipinski definition) is 0. The Balaban J connectivity index is 2.05. The van der Waals surface area contributed by atoms with E-state index < -0.39 is 5.97 Å². The van der Waals surface area contributed by atoms with Crippen LogP contribution in [0.1, 0.15) is 30.6 Å². The van der Waals surface area contributed by atoms with Gasteiger partial charge < -0.3 is 9.74 Å². The summed E-state index contributed by atoms with van der Waals surface area (Å²) >= 11 is 11.7. The van der Waals surface area contributed by atoms with Gasteiger partial charge in [0.1, 0.15) is 0 Å². The highest BCUT2D eigenvalue weighted by atomic mass is 35.5. The summed E-state index contributed by atoms with van der Waals surface area (Å²) < 4.78 is 0. The van der Waals surface area contributed by atoms with Crippen LogP contribution in [0.2, 0.25) is 10.0 Å². The van der Waals surface area contributed by atoms with Crippen molar-refractivity contribution in [3.05, 3.63) is 33.8 Å². The summed E-state index contributed by atoms with van der Waals surface area (Å²) in [6, 6.07) is 5.00. The zero-order chi connectivity index (χ0) is 15.6. The molecule has 1 aromatic carbocycles. The van der Waals surface area contributed by atoms with Crippen molar-refractivity contribution in [1.82, 2.24) is 4.90 Å². The molecule has 0 amide bonds. The standard InChI is InChI=1S/C15H18Cl2N2O2/c1-9-8-19(3)10(2)6-14(9)18-21-15(20)11-4-5-12(16)13(17)7-11/h4-5,7,9-10H,6,8H2,1-3H3/t9-,10-/m0/s1. The highest BCUT2D eigenvalue weighted by Crippen LogP contribution is 2.23. The second-order valence-electron chi connectivity index (χ2n) is 5.48. The first kappa shape index (κ1) is 16.3. The zero-order valence-electron chi connectivity index (χ0n) is 12.3. The van der Waals surface area contributed by atoms with Crippen molar-refractivity contribution >= 4 is 34.9 Å². The van der Waals surface area contributed by atoms with E-state index in [1.165, 1.54) is 6.07 Å². The summed E-state index contributed by atoms with van der Waals surface area (Å²) in [4.78, 5) is 19.3. The van der Waals surface area contributed by atoms with E-state index in [0.717, 1.165) is 18.7 Å². The molecule has 0 bridgehead atoms. The van der Waals surface area contributed by atoms with Gasteiger partial charge in [-0.15, -0.1) is 0 Å². The number of piperidine rings is 1. The van der Waals surface area contributed by atoms with E-state index in [2.05, 4.69) is 31.0 Å². The Kier molecular flexibility index (Phi) is 5.25. The summed E-state index contributed by atoms with van der Waals surface area (Å²) in [5.41, 5.74) is 1.25. The summed E-state index contributed by atoms with van der Waals surface area (Å²) in [6.45, 7) is 5.11. The number of rotatable bonds is 2. The Hall–Kier alpha value is -1.10. The quantitative estimate of drug-likeness (QED) is 0.611. The van der Waals surface area contributed by atoms with Crippen LogP contribution < -0.4 is 0 Å². The SMILES string of the molecule is C[C@H]1CN(C)[C@@H](C)CC1=NOC(=O)c1ccc(Cl)c(Cl)c1. The average Bonchev–Trinajstić information content (AvgIpc) is 2.44. The fraction of sp³-hybridized carbons (Fsp3) is 0.467. The van der Waals surface area contributed by atoms with Gasteiger partial charge >= 0.3 is 5.97 Å². The molecular formula is C15H18Cl2N2O2. The van der Waals surface area contributed by atoms with Gasteiger partial charge in [-0.1, -0.05) is 35.3 Å². The van der Waals surface area contributed by atoms with Gasteiger partial charge in [0.2, 0.25) is 0 Å². The summed E-state index contributed by atoms with van der Waals surface area (Å²) in [5, 5.41) is 4.76. The summed E-state index contributed by atoms with van der Waals surface area (Å²) in [7, 11) is 2.08. The number of likely N-dealkylation sites (tertiary alicyclic amines) is 1. The maximum atomic E-state index is 12.0. The molecule has 0 saturated carbocycles. The molecule has 0 N–H and O–H groups in total. The Labute approximate surface area is 134 Å². The van der Waals surface area contributed by atoms with Gasteiger partial charge in [-0.2, -0.15) is 0 Å². The first-order chi connectivity index (χ1) is 9.88. The lowest BCUT2D eigenvalue weighted by atomic mass is 9.93. The van der Waals surface area contributed by atoms with E-state index in [4.69, 9.17) is 28.0 Å².